The van der Waals surface area contributed by atoms with E-state index in [1.807, 2.05) is 4.90 Å². The van der Waals surface area contributed by atoms with Crippen molar-refractivity contribution in [2.24, 2.45) is 5.92 Å². The predicted octanol–water partition coefficient (Wildman–Crippen LogP) is 2.72. The van der Waals surface area contributed by atoms with Crippen LogP contribution in [0.4, 0.5) is 0 Å². The van der Waals surface area contributed by atoms with Gasteiger partial charge in [0.1, 0.15) is 0 Å². The number of rotatable bonds is 4. The molecule has 1 N–H and O–H groups in total. The molecule has 0 radical (unpaired) electrons. The summed E-state index contributed by atoms with van der Waals surface area (Å²) in [6.07, 6.45) is 2.05. The van der Waals surface area contributed by atoms with Crippen LogP contribution < -0.4 is 5.32 Å². The minimum absolute atomic E-state index is 0.0250. The first-order valence-electron chi connectivity index (χ1n) is 7.33. The SMILES string of the molecule is CCC[C@@H]1CN(C(C)=O)C[C@H]1NC(=O)c1ccc(Cl)cc1. The molecule has 1 heterocycles. The third kappa shape index (κ3) is 3.97. The standard InChI is InChI=1S/C16H21ClN2O2/c1-3-4-13-9-19(11(2)20)10-15(13)18-16(21)12-5-7-14(17)8-6-12/h5-8,13,15H,3-4,9-10H2,1-2H3,(H,18,21)/t13-,15-/m1/s1. The van der Waals surface area contributed by atoms with Crippen LogP contribution in [0.3, 0.4) is 0 Å². The second kappa shape index (κ2) is 6.94. The second-order valence-corrected chi connectivity index (χ2v) is 6.00. The summed E-state index contributed by atoms with van der Waals surface area (Å²) in [6, 6.07) is 6.86. The van der Waals surface area contributed by atoms with Crippen LogP contribution in [0.25, 0.3) is 0 Å². The highest BCUT2D eigenvalue weighted by molar-refractivity contribution is 6.30. The Morgan fingerprint density at radius 1 is 1.29 bits per heavy atom. The summed E-state index contributed by atoms with van der Waals surface area (Å²) in [4.78, 5) is 25.6. The maximum Gasteiger partial charge on any atom is 0.251 e. The molecular formula is C16H21ClN2O2. The van der Waals surface area contributed by atoms with Crippen LogP contribution in [-0.2, 0) is 4.79 Å². The monoisotopic (exact) mass is 308 g/mol. The number of hydrogen-bond donors (Lipinski definition) is 1. The molecule has 1 aliphatic rings. The van der Waals surface area contributed by atoms with Crippen molar-refractivity contribution in [1.82, 2.24) is 10.2 Å². The minimum Gasteiger partial charge on any atom is -0.347 e. The molecule has 0 unspecified atom stereocenters. The van der Waals surface area contributed by atoms with E-state index in [0.29, 0.717) is 23.0 Å². The lowest BCUT2D eigenvalue weighted by atomic mass is 9.98. The van der Waals surface area contributed by atoms with Gasteiger partial charge in [-0.1, -0.05) is 24.9 Å². The molecule has 1 aromatic rings. The van der Waals surface area contributed by atoms with Gasteiger partial charge in [-0.15, -0.1) is 0 Å². The summed E-state index contributed by atoms with van der Waals surface area (Å²) in [5.41, 5.74) is 0.593. The van der Waals surface area contributed by atoms with Gasteiger partial charge in [-0.2, -0.15) is 0 Å². The van der Waals surface area contributed by atoms with E-state index >= 15 is 0 Å². The molecule has 2 atom stereocenters. The Kier molecular flexibility index (Phi) is 5.23. The maximum absolute atomic E-state index is 12.3. The van der Waals surface area contributed by atoms with E-state index in [9.17, 15) is 9.59 Å². The van der Waals surface area contributed by atoms with Gasteiger partial charge in [-0.05, 0) is 36.6 Å². The molecule has 4 nitrogen and oxygen atoms in total. The van der Waals surface area contributed by atoms with Crippen LogP contribution in [0.15, 0.2) is 24.3 Å². The van der Waals surface area contributed by atoms with Gasteiger partial charge in [0.25, 0.3) is 5.91 Å². The number of likely N-dealkylation sites (tertiary alicyclic amines) is 1. The van der Waals surface area contributed by atoms with E-state index in [1.165, 1.54) is 0 Å². The number of nitrogens with zero attached hydrogens (tertiary/aromatic N) is 1. The Morgan fingerprint density at radius 2 is 1.95 bits per heavy atom. The Morgan fingerprint density at radius 3 is 2.52 bits per heavy atom. The number of hydrogen-bond acceptors (Lipinski definition) is 2. The fourth-order valence-electron chi connectivity index (χ4n) is 2.81. The maximum atomic E-state index is 12.3. The molecule has 1 aliphatic heterocycles. The normalized spacial score (nSPS) is 21.4. The summed E-state index contributed by atoms with van der Waals surface area (Å²) >= 11 is 5.83. The first-order valence-corrected chi connectivity index (χ1v) is 7.71. The highest BCUT2D eigenvalue weighted by Crippen LogP contribution is 2.22. The zero-order valence-corrected chi connectivity index (χ0v) is 13.2. The lowest BCUT2D eigenvalue weighted by molar-refractivity contribution is -0.127. The molecule has 2 amide bonds. The van der Waals surface area contributed by atoms with Crippen molar-refractivity contribution in [3.63, 3.8) is 0 Å². The minimum atomic E-state index is -0.108. The highest BCUT2D eigenvalue weighted by atomic mass is 35.5. The molecule has 0 saturated carbocycles. The molecule has 1 aromatic carbocycles. The van der Waals surface area contributed by atoms with Crippen molar-refractivity contribution in [3.05, 3.63) is 34.9 Å². The number of halogens is 1. The number of amides is 2. The fourth-order valence-corrected chi connectivity index (χ4v) is 2.93. The van der Waals surface area contributed by atoms with Gasteiger partial charge in [0.15, 0.2) is 0 Å². The Hall–Kier alpha value is -1.55. The van der Waals surface area contributed by atoms with E-state index in [0.717, 1.165) is 19.4 Å². The largest absolute Gasteiger partial charge is 0.347 e. The van der Waals surface area contributed by atoms with Crippen LogP contribution in [0.1, 0.15) is 37.0 Å². The Bertz CT molecular complexity index is 516. The molecule has 2 rings (SSSR count). The molecule has 5 heteroatoms. The molecule has 0 bridgehead atoms. The van der Waals surface area contributed by atoms with E-state index in [2.05, 4.69) is 12.2 Å². The molecule has 21 heavy (non-hydrogen) atoms. The van der Waals surface area contributed by atoms with Crippen LogP contribution in [0, 0.1) is 5.92 Å². The third-order valence-electron chi connectivity index (χ3n) is 3.97. The van der Waals surface area contributed by atoms with Gasteiger partial charge in [0.05, 0.1) is 6.04 Å². The summed E-state index contributed by atoms with van der Waals surface area (Å²) in [7, 11) is 0. The molecule has 0 spiro atoms. The molecule has 1 fully saturated rings. The molecule has 1 saturated heterocycles. The summed E-state index contributed by atoms with van der Waals surface area (Å²) in [5.74, 6) is 0.290. The fraction of sp³-hybridized carbons (Fsp3) is 0.500. The van der Waals surface area contributed by atoms with Crippen LogP contribution >= 0.6 is 11.6 Å². The van der Waals surface area contributed by atoms with Gasteiger partial charge in [-0.3, -0.25) is 9.59 Å². The predicted molar refractivity (Wildman–Crippen MR) is 83.4 cm³/mol. The summed E-state index contributed by atoms with van der Waals surface area (Å²) in [6.45, 7) is 5.02. The van der Waals surface area contributed by atoms with Crippen molar-refractivity contribution in [2.45, 2.75) is 32.7 Å². The van der Waals surface area contributed by atoms with E-state index in [1.54, 1.807) is 31.2 Å². The quantitative estimate of drug-likeness (QED) is 0.930. The Labute approximate surface area is 130 Å². The van der Waals surface area contributed by atoms with Crippen molar-refractivity contribution in [1.29, 1.82) is 0 Å². The molecular weight excluding hydrogens is 288 g/mol. The number of carbonyl (C=O) groups is 2. The first kappa shape index (κ1) is 15.8. The van der Waals surface area contributed by atoms with Crippen LogP contribution in [0.2, 0.25) is 5.02 Å². The molecule has 0 aliphatic carbocycles. The highest BCUT2D eigenvalue weighted by Gasteiger charge is 2.34. The first-order chi connectivity index (χ1) is 10.0. The summed E-state index contributed by atoms with van der Waals surface area (Å²) < 4.78 is 0. The van der Waals surface area contributed by atoms with E-state index in [-0.39, 0.29) is 17.9 Å². The van der Waals surface area contributed by atoms with Crippen molar-refractivity contribution < 1.29 is 9.59 Å². The van der Waals surface area contributed by atoms with Crippen LogP contribution in [0.5, 0.6) is 0 Å². The van der Waals surface area contributed by atoms with E-state index in [4.69, 9.17) is 11.6 Å². The van der Waals surface area contributed by atoms with Gasteiger partial charge >= 0.3 is 0 Å². The van der Waals surface area contributed by atoms with Crippen molar-refractivity contribution in [2.75, 3.05) is 13.1 Å². The number of nitrogens with one attached hydrogen (secondary N) is 1. The average molecular weight is 309 g/mol. The van der Waals surface area contributed by atoms with E-state index < -0.39 is 0 Å². The average Bonchev–Trinajstić information content (AvgIpc) is 2.83. The van der Waals surface area contributed by atoms with Gasteiger partial charge < -0.3 is 10.2 Å². The number of benzene rings is 1. The lowest BCUT2D eigenvalue weighted by Crippen LogP contribution is -2.40. The van der Waals surface area contributed by atoms with Gasteiger partial charge in [-0.25, -0.2) is 0 Å². The zero-order chi connectivity index (χ0) is 15.4. The van der Waals surface area contributed by atoms with Gasteiger partial charge in [0.2, 0.25) is 5.91 Å². The topological polar surface area (TPSA) is 49.4 Å². The van der Waals surface area contributed by atoms with Crippen molar-refractivity contribution >= 4 is 23.4 Å². The van der Waals surface area contributed by atoms with Crippen LogP contribution in [-0.4, -0.2) is 35.8 Å². The lowest BCUT2D eigenvalue weighted by Gasteiger charge is -2.19. The zero-order valence-electron chi connectivity index (χ0n) is 12.4. The molecule has 114 valence electrons. The number of carbonyl (C=O) groups excluding carboxylic acids is 2. The Balaban J connectivity index is 2.03. The van der Waals surface area contributed by atoms with Gasteiger partial charge in [0, 0.05) is 30.6 Å². The third-order valence-corrected chi connectivity index (χ3v) is 4.22. The molecule has 0 aromatic heterocycles. The second-order valence-electron chi connectivity index (χ2n) is 5.56. The summed E-state index contributed by atoms with van der Waals surface area (Å²) in [5, 5.41) is 3.67. The smallest absolute Gasteiger partial charge is 0.251 e. The van der Waals surface area contributed by atoms with Crippen molar-refractivity contribution in [3.8, 4) is 0 Å².